The van der Waals surface area contributed by atoms with Gasteiger partial charge in [0.1, 0.15) is 6.07 Å². The third kappa shape index (κ3) is 1.45. The van der Waals surface area contributed by atoms with Gasteiger partial charge < -0.3 is 0 Å². The van der Waals surface area contributed by atoms with E-state index in [2.05, 4.69) is 0 Å². The molecule has 1 aliphatic carbocycles. The molecule has 3 heteroatoms. The molecule has 0 amide bonds. The maximum atomic E-state index is 13.1. The molecule has 0 aromatic rings. The lowest BCUT2D eigenvalue weighted by molar-refractivity contribution is 0.306. The van der Waals surface area contributed by atoms with Gasteiger partial charge >= 0.3 is 0 Å². The second kappa shape index (κ2) is 2.56. The molecule has 1 unspecified atom stereocenters. The zero-order valence-corrected chi connectivity index (χ0v) is 5.71. The number of halogens is 1. The minimum absolute atomic E-state index is 0.128. The Kier molecular flexibility index (Phi) is 1.74. The summed E-state index contributed by atoms with van der Waals surface area (Å²) in [5.41, 5.74) is -1.67. The fourth-order valence-electron chi connectivity index (χ4n) is 0.865. The molecule has 1 atom stereocenters. The molecule has 0 aliphatic heterocycles. The first-order valence-corrected chi connectivity index (χ1v) is 3.09. The van der Waals surface area contributed by atoms with Crippen molar-refractivity contribution in [1.29, 1.82) is 10.5 Å². The van der Waals surface area contributed by atoms with E-state index in [9.17, 15) is 4.39 Å². The molecule has 0 radical (unpaired) electrons. The second-order valence-corrected chi connectivity index (χ2v) is 2.31. The summed E-state index contributed by atoms with van der Waals surface area (Å²) in [7, 11) is 0. The van der Waals surface area contributed by atoms with Crippen LogP contribution in [-0.2, 0) is 0 Å². The smallest absolute Gasteiger partial charge is 0.219 e. The van der Waals surface area contributed by atoms with Crippen LogP contribution < -0.4 is 0 Å². The maximum Gasteiger partial charge on any atom is 0.219 e. The first-order chi connectivity index (χ1) is 5.20. The summed E-state index contributed by atoms with van der Waals surface area (Å²) in [4.78, 5) is 0. The highest BCUT2D eigenvalue weighted by atomic mass is 19.1. The van der Waals surface area contributed by atoms with Crippen LogP contribution in [0.4, 0.5) is 4.39 Å². The fourth-order valence-corrected chi connectivity index (χ4v) is 0.865. The Morgan fingerprint density at radius 2 is 2.27 bits per heavy atom. The van der Waals surface area contributed by atoms with Crippen LogP contribution >= 0.6 is 0 Å². The molecular weight excluding hydrogens is 143 g/mol. The number of allylic oxidation sites excluding steroid dienone is 4. The van der Waals surface area contributed by atoms with Gasteiger partial charge in [-0.3, -0.25) is 0 Å². The van der Waals surface area contributed by atoms with Crippen LogP contribution in [0.1, 0.15) is 6.42 Å². The number of alkyl halides is 1. The topological polar surface area (TPSA) is 47.6 Å². The van der Waals surface area contributed by atoms with Gasteiger partial charge in [0.25, 0.3) is 0 Å². The average molecular weight is 148 g/mol. The third-order valence-electron chi connectivity index (χ3n) is 1.44. The van der Waals surface area contributed by atoms with Crippen molar-refractivity contribution in [2.45, 2.75) is 12.1 Å². The molecule has 0 aromatic carbocycles. The zero-order valence-electron chi connectivity index (χ0n) is 5.71. The van der Waals surface area contributed by atoms with Crippen LogP contribution in [0, 0.1) is 22.7 Å². The van der Waals surface area contributed by atoms with Gasteiger partial charge in [-0.25, -0.2) is 4.39 Å². The van der Waals surface area contributed by atoms with E-state index >= 15 is 0 Å². The van der Waals surface area contributed by atoms with Crippen LogP contribution in [0.5, 0.6) is 0 Å². The van der Waals surface area contributed by atoms with E-state index < -0.39 is 5.67 Å². The third-order valence-corrected chi connectivity index (χ3v) is 1.44. The Morgan fingerprint density at radius 1 is 1.55 bits per heavy atom. The van der Waals surface area contributed by atoms with E-state index in [1.54, 1.807) is 0 Å². The summed E-state index contributed by atoms with van der Waals surface area (Å²) in [5, 5.41) is 16.7. The average Bonchev–Trinajstić information content (AvgIpc) is 2.05. The summed E-state index contributed by atoms with van der Waals surface area (Å²) in [6.07, 6.45) is 3.94. The van der Waals surface area contributed by atoms with Crippen molar-refractivity contribution in [3.8, 4) is 12.1 Å². The Balaban J connectivity index is 2.89. The summed E-state index contributed by atoms with van der Waals surface area (Å²) in [6.45, 7) is 0. The number of hydrogen-bond acceptors (Lipinski definition) is 2. The van der Waals surface area contributed by atoms with Gasteiger partial charge in [-0.1, -0.05) is 6.08 Å². The van der Waals surface area contributed by atoms with Gasteiger partial charge in [-0.15, -0.1) is 0 Å². The van der Waals surface area contributed by atoms with Gasteiger partial charge in [0.05, 0.1) is 6.07 Å². The SMILES string of the molecule is N#CC1=CC=CC(F)(C#N)C1. The monoisotopic (exact) mass is 148 g/mol. The van der Waals surface area contributed by atoms with Crippen molar-refractivity contribution in [3.05, 3.63) is 23.8 Å². The highest BCUT2D eigenvalue weighted by Gasteiger charge is 2.29. The number of rotatable bonds is 0. The molecule has 1 rings (SSSR count). The van der Waals surface area contributed by atoms with Crippen molar-refractivity contribution >= 4 is 0 Å². The normalized spacial score (nSPS) is 28.5. The van der Waals surface area contributed by atoms with Crippen molar-refractivity contribution in [2.24, 2.45) is 0 Å². The Morgan fingerprint density at radius 3 is 2.82 bits per heavy atom. The summed E-state index contributed by atoms with van der Waals surface area (Å²) < 4.78 is 13.1. The van der Waals surface area contributed by atoms with E-state index in [4.69, 9.17) is 10.5 Å². The first kappa shape index (κ1) is 7.50. The van der Waals surface area contributed by atoms with Gasteiger partial charge in [0.15, 0.2) is 0 Å². The van der Waals surface area contributed by atoms with E-state index in [0.29, 0.717) is 5.57 Å². The molecule has 0 heterocycles. The van der Waals surface area contributed by atoms with Crippen molar-refractivity contribution in [1.82, 2.24) is 0 Å². The largest absolute Gasteiger partial charge is 0.222 e. The molecule has 0 fully saturated rings. The molecule has 54 valence electrons. The lowest BCUT2D eigenvalue weighted by Crippen LogP contribution is -2.19. The Hall–Kier alpha value is -1.61. The van der Waals surface area contributed by atoms with E-state index in [0.717, 1.165) is 6.08 Å². The first-order valence-electron chi connectivity index (χ1n) is 3.09. The summed E-state index contributed by atoms with van der Waals surface area (Å²) in [6, 6.07) is 3.31. The van der Waals surface area contributed by atoms with Gasteiger partial charge in [0, 0.05) is 12.0 Å². The molecule has 1 aliphatic rings. The van der Waals surface area contributed by atoms with Gasteiger partial charge in [0.2, 0.25) is 5.67 Å². The molecule has 0 saturated heterocycles. The van der Waals surface area contributed by atoms with Crippen LogP contribution in [-0.4, -0.2) is 5.67 Å². The molecule has 0 spiro atoms. The van der Waals surface area contributed by atoms with Crippen molar-refractivity contribution in [2.75, 3.05) is 0 Å². The van der Waals surface area contributed by atoms with Crippen molar-refractivity contribution < 1.29 is 4.39 Å². The number of hydrogen-bond donors (Lipinski definition) is 0. The minimum Gasteiger partial charge on any atom is -0.222 e. The second-order valence-electron chi connectivity index (χ2n) is 2.31. The molecular formula is C8H5FN2. The minimum atomic E-state index is -1.97. The van der Waals surface area contributed by atoms with Crippen LogP contribution in [0.15, 0.2) is 23.8 Å². The fraction of sp³-hybridized carbons (Fsp3) is 0.250. The summed E-state index contributed by atoms with van der Waals surface area (Å²) >= 11 is 0. The number of nitrogens with zero attached hydrogens (tertiary/aromatic N) is 2. The lowest BCUT2D eigenvalue weighted by Gasteiger charge is -2.13. The predicted molar refractivity (Wildman–Crippen MR) is 36.9 cm³/mol. The molecule has 0 saturated carbocycles. The lowest BCUT2D eigenvalue weighted by atomic mass is 9.93. The van der Waals surface area contributed by atoms with E-state index in [1.807, 2.05) is 6.07 Å². The predicted octanol–water partition coefficient (Wildman–Crippen LogP) is 1.63. The van der Waals surface area contributed by atoms with Crippen molar-refractivity contribution in [3.63, 3.8) is 0 Å². The van der Waals surface area contributed by atoms with Gasteiger partial charge in [-0.2, -0.15) is 10.5 Å². The van der Waals surface area contributed by atoms with Crippen LogP contribution in [0.25, 0.3) is 0 Å². The van der Waals surface area contributed by atoms with E-state index in [1.165, 1.54) is 18.2 Å². The Labute approximate surface area is 63.9 Å². The highest BCUT2D eigenvalue weighted by Crippen LogP contribution is 2.25. The number of nitriles is 2. The highest BCUT2D eigenvalue weighted by molar-refractivity contribution is 5.37. The quantitative estimate of drug-likeness (QED) is 0.524. The standard InChI is InChI=1S/C8H5FN2/c9-8(6-11)3-1-2-7(4-8)5-10/h1-3H,4H2. The molecule has 0 aromatic heterocycles. The van der Waals surface area contributed by atoms with Gasteiger partial charge in [-0.05, 0) is 12.2 Å². The molecule has 2 nitrogen and oxygen atoms in total. The van der Waals surface area contributed by atoms with E-state index in [-0.39, 0.29) is 6.42 Å². The molecule has 11 heavy (non-hydrogen) atoms. The van der Waals surface area contributed by atoms with Crippen LogP contribution in [0.2, 0.25) is 0 Å². The maximum absolute atomic E-state index is 13.1. The molecule has 0 bridgehead atoms. The summed E-state index contributed by atoms with van der Waals surface area (Å²) in [5.74, 6) is 0. The zero-order chi connectivity index (χ0) is 8.32. The molecule has 0 N–H and O–H groups in total. The Bertz CT molecular complexity index is 303. The van der Waals surface area contributed by atoms with Crippen LogP contribution in [0.3, 0.4) is 0 Å².